The number of nitrogens with one attached hydrogen (secondary N) is 1. The minimum absolute atomic E-state index is 0.0942. The minimum atomic E-state index is -0.914. The van der Waals surface area contributed by atoms with E-state index in [-0.39, 0.29) is 24.2 Å². The second kappa shape index (κ2) is 5.69. The number of fused-ring (bicyclic) bond motifs is 1. The van der Waals surface area contributed by atoms with Crippen LogP contribution in [0.25, 0.3) is 0 Å². The van der Waals surface area contributed by atoms with E-state index in [1.165, 1.54) is 5.56 Å². The lowest BCUT2D eigenvalue weighted by atomic mass is 9.94. The summed E-state index contributed by atoms with van der Waals surface area (Å²) >= 11 is 1.54. The zero-order chi connectivity index (χ0) is 14.9. The van der Waals surface area contributed by atoms with Crippen LogP contribution in [-0.4, -0.2) is 41.0 Å². The van der Waals surface area contributed by atoms with Crippen LogP contribution in [0.2, 0.25) is 0 Å². The summed E-state index contributed by atoms with van der Waals surface area (Å²) in [6, 6.07) is 7.97. The van der Waals surface area contributed by atoms with Crippen LogP contribution in [0.5, 0.6) is 0 Å². The smallest absolute Gasteiger partial charge is 0.305 e. The number of carboxylic acid groups (broad SMARTS) is 1. The van der Waals surface area contributed by atoms with Crippen molar-refractivity contribution in [3.63, 3.8) is 0 Å². The van der Waals surface area contributed by atoms with Gasteiger partial charge in [0.25, 0.3) is 0 Å². The fourth-order valence-electron chi connectivity index (χ4n) is 2.85. The highest BCUT2D eigenvalue weighted by Crippen LogP contribution is 2.37. The number of carboxylic acids is 1. The maximum Gasteiger partial charge on any atom is 0.305 e. The number of aliphatic carboxylic acids is 1. The predicted molar refractivity (Wildman–Crippen MR) is 78.4 cm³/mol. The van der Waals surface area contributed by atoms with Crippen LogP contribution in [-0.2, 0) is 20.7 Å². The van der Waals surface area contributed by atoms with Crippen molar-refractivity contribution in [1.29, 1.82) is 0 Å². The molecule has 0 radical (unpaired) electrons. The molecule has 3 rings (SSSR count). The summed E-state index contributed by atoms with van der Waals surface area (Å²) in [4.78, 5) is 24.6. The molecule has 2 heterocycles. The summed E-state index contributed by atoms with van der Waals surface area (Å²) in [5.41, 5.74) is 0.427. The molecule has 6 heteroatoms. The molecule has 2 aliphatic rings. The maximum atomic E-state index is 12.5. The van der Waals surface area contributed by atoms with E-state index in [4.69, 9.17) is 9.84 Å². The first-order valence-electron chi connectivity index (χ1n) is 6.94. The lowest BCUT2D eigenvalue weighted by molar-refractivity contribution is -0.139. The van der Waals surface area contributed by atoms with Crippen LogP contribution in [0.4, 0.5) is 0 Å². The van der Waals surface area contributed by atoms with Gasteiger partial charge >= 0.3 is 5.97 Å². The molecule has 21 heavy (non-hydrogen) atoms. The molecule has 0 spiro atoms. The molecular weight excluding hydrogens is 290 g/mol. The van der Waals surface area contributed by atoms with Gasteiger partial charge in [-0.05, 0) is 24.5 Å². The predicted octanol–water partition coefficient (Wildman–Crippen LogP) is 1.45. The molecule has 0 aromatic heterocycles. The molecule has 112 valence electrons. The Morgan fingerprint density at radius 3 is 2.90 bits per heavy atom. The standard InChI is InChI=1S/C15H17NO4S/c17-13(18)8-15(5-6-20-9-15)16-14(19)12-7-10-3-1-2-4-11(10)21-12/h1-4,12H,5-9H2,(H,16,19)(H,17,18). The first-order valence-corrected chi connectivity index (χ1v) is 7.82. The topological polar surface area (TPSA) is 75.6 Å². The van der Waals surface area contributed by atoms with Crippen LogP contribution in [0.1, 0.15) is 18.4 Å². The number of amides is 1. The van der Waals surface area contributed by atoms with E-state index in [2.05, 4.69) is 5.32 Å². The van der Waals surface area contributed by atoms with Crippen LogP contribution >= 0.6 is 11.8 Å². The van der Waals surface area contributed by atoms with Crippen LogP contribution in [0.3, 0.4) is 0 Å². The number of carbonyl (C=O) groups excluding carboxylic acids is 1. The second-order valence-electron chi connectivity index (χ2n) is 5.56. The van der Waals surface area contributed by atoms with Crippen molar-refractivity contribution in [2.75, 3.05) is 13.2 Å². The van der Waals surface area contributed by atoms with E-state index in [1.807, 2.05) is 24.3 Å². The summed E-state index contributed by atoms with van der Waals surface area (Å²) < 4.78 is 5.30. The highest BCUT2D eigenvalue weighted by atomic mass is 32.2. The van der Waals surface area contributed by atoms with Crippen LogP contribution in [0.15, 0.2) is 29.2 Å². The maximum absolute atomic E-state index is 12.5. The Kier molecular flexibility index (Phi) is 3.91. The Morgan fingerprint density at radius 2 is 2.24 bits per heavy atom. The number of rotatable bonds is 4. The largest absolute Gasteiger partial charge is 0.481 e. The number of hydrogen-bond donors (Lipinski definition) is 2. The fraction of sp³-hybridized carbons (Fsp3) is 0.467. The number of ether oxygens (including phenoxy) is 1. The molecule has 1 amide bonds. The number of carbonyl (C=O) groups is 2. The molecule has 1 saturated heterocycles. The van der Waals surface area contributed by atoms with Crippen molar-refractivity contribution < 1.29 is 19.4 Å². The molecule has 0 saturated carbocycles. The third-order valence-electron chi connectivity index (χ3n) is 3.92. The molecule has 5 nitrogen and oxygen atoms in total. The van der Waals surface area contributed by atoms with Crippen LogP contribution in [0, 0.1) is 0 Å². The normalized spacial score (nSPS) is 27.3. The lowest BCUT2D eigenvalue weighted by Crippen LogP contribution is -2.53. The van der Waals surface area contributed by atoms with Gasteiger partial charge in [-0.25, -0.2) is 0 Å². The SMILES string of the molecule is O=C(O)CC1(NC(=O)C2Cc3ccccc3S2)CCOC1. The van der Waals surface area contributed by atoms with E-state index in [9.17, 15) is 9.59 Å². The quantitative estimate of drug-likeness (QED) is 0.880. The minimum Gasteiger partial charge on any atom is -0.481 e. The summed E-state index contributed by atoms with van der Waals surface area (Å²) in [6.07, 6.45) is 1.15. The van der Waals surface area contributed by atoms with Gasteiger partial charge in [-0.3, -0.25) is 9.59 Å². The van der Waals surface area contributed by atoms with Crippen molar-refractivity contribution >= 4 is 23.6 Å². The van der Waals surface area contributed by atoms with Gasteiger partial charge in [-0.15, -0.1) is 11.8 Å². The van der Waals surface area contributed by atoms with Crippen LogP contribution < -0.4 is 5.32 Å². The molecule has 2 atom stereocenters. The highest BCUT2D eigenvalue weighted by Gasteiger charge is 2.41. The van der Waals surface area contributed by atoms with Gasteiger partial charge < -0.3 is 15.2 Å². The fourth-order valence-corrected chi connectivity index (χ4v) is 4.04. The van der Waals surface area contributed by atoms with Gasteiger partial charge in [0.05, 0.1) is 23.8 Å². The van der Waals surface area contributed by atoms with E-state index in [0.717, 1.165) is 4.90 Å². The van der Waals surface area contributed by atoms with E-state index >= 15 is 0 Å². The van der Waals surface area contributed by atoms with Crippen molar-refractivity contribution in [2.45, 2.75) is 34.9 Å². The summed E-state index contributed by atoms with van der Waals surface area (Å²) in [5.74, 6) is -1.01. The summed E-state index contributed by atoms with van der Waals surface area (Å²) in [7, 11) is 0. The third kappa shape index (κ3) is 3.06. The molecule has 2 aliphatic heterocycles. The first kappa shape index (κ1) is 14.4. The second-order valence-corrected chi connectivity index (χ2v) is 6.81. The number of hydrogen-bond acceptors (Lipinski definition) is 4. The molecule has 1 fully saturated rings. The zero-order valence-electron chi connectivity index (χ0n) is 11.5. The van der Waals surface area contributed by atoms with Gasteiger partial charge in [0, 0.05) is 11.5 Å². The highest BCUT2D eigenvalue weighted by molar-refractivity contribution is 8.01. The molecule has 1 aromatic rings. The average Bonchev–Trinajstić information content (AvgIpc) is 3.04. The zero-order valence-corrected chi connectivity index (χ0v) is 12.3. The van der Waals surface area contributed by atoms with Crippen molar-refractivity contribution in [3.8, 4) is 0 Å². The van der Waals surface area contributed by atoms with Gasteiger partial charge in [-0.1, -0.05) is 18.2 Å². The Labute approximate surface area is 127 Å². The Balaban J connectivity index is 1.68. The first-order chi connectivity index (χ1) is 10.1. The van der Waals surface area contributed by atoms with E-state index in [0.29, 0.717) is 19.4 Å². The van der Waals surface area contributed by atoms with Gasteiger partial charge in [-0.2, -0.15) is 0 Å². The van der Waals surface area contributed by atoms with Gasteiger partial charge in [0.2, 0.25) is 5.91 Å². The molecule has 1 aromatic carbocycles. The Bertz CT molecular complexity index is 544. The Morgan fingerprint density at radius 1 is 1.43 bits per heavy atom. The van der Waals surface area contributed by atoms with E-state index in [1.54, 1.807) is 11.8 Å². The van der Waals surface area contributed by atoms with Crippen molar-refractivity contribution in [3.05, 3.63) is 29.8 Å². The molecule has 2 unspecified atom stereocenters. The van der Waals surface area contributed by atoms with E-state index < -0.39 is 11.5 Å². The molecule has 0 bridgehead atoms. The lowest BCUT2D eigenvalue weighted by Gasteiger charge is -2.28. The molecule has 0 aliphatic carbocycles. The van der Waals surface area contributed by atoms with Crippen molar-refractivity contribution in [2.24, 2.45) is 0 Å². The molecule has 2 N–H and O–H groups in total. The Hall–Kier alpha value is -1.53. The summed E-state index contributed by atoms with van der Waals surface area (Å²) in [5, 5.41) is 11.8. The summed E-state index contributed by atoms with van der Waals surface area (Å²) in [6.45, 7) is 0.765. The van der Waals surface area contributed by atoms with Gasteiger partial charge in [0.1, 0.15) is 0 Å². The monoisotopic (exact) mass is 307 g/mol. The molecular formula is C15H17NO4S. The third-order valence-corrected chi connectivity index (χ3v) is 5.24. The number of thioether (sulfide) groups is 1. The van der Waals surface area contributed by atoms with Gasteiger partial charge in [0.15, 0.2) is 0 Å². The number of benzene rings is 1. The van der Waals surface area contributed by atoms with Crippen molar-refractivity contribution in [1.82, 2.24) is 5.32 Å². The average molecular weight is 307 g/mol.